The Balaban J connectivity index is 0.00000243. The van der Waals surface area contributed by atoms with E-state index in [0.717, 1.165) is 37.2 Å². The average molecular weight is 379 g/mol. The minimum atomic E-state index is -0.437. The van der Waals surface area contributed by atoms with Gasteiger partial charge in [0.15, 0.2) is 0 Å². The van der Waals surface area contributed by atoms with Gasteiger partial charge >= 0.3 is 0 Å². The van der Waals surface area contributed by atoms with Gasteiger partial charge < -0.3 is 15.4 Å². The minimum Gasteiger partial charge on any atom is -0.384 e. The van der Waals surface area contributed by atoms with Crippen LogP contribution in [0.4, 0.5) is 0 Å². The Morgan fingerprint density at radius 1 is 1.38 bits per heavy atom. The number of aromatic nitrogens is 2. The van der Waals surface area contributed by atoms with Gasteiger partial charge in [-0.2, -0.15) is 5.10 Å². The maximum Gasteiger partial charge on any atom is 0.229 e. The number of hydrogen-bond acceptors (Lipinski definition) is 4. The molecule has 3 rings (SSSR count). The lowest BCUT2D eigenvalue weighted by atomic mass is 9.78. The van der Waals surface area contributed by atoms with Crippen molar-refractivity contribution >= 4 is 18.3 Å². The third-order valence-corrected chi connectivity index (χ3v) is 4.95. The van der Waals surface area contributed by atoms with Crippen LogP contribution in [0.3, 0.4) is 0 Å². The summed E-state index contributed by atoms with van der Waals surface area (Å²) < 4.78 is 7.18. The van der Waals surface area contributed by atoms with E-state index in [1.807, 2.05) is 42.1 Å². The van der Waals surface area contributed by atoms with Crippen LogP contribution in [0.5, 0.6) is 0 Å². The van der Waals surface area contributed by atoms with Gasteiger partial charge in [0.25, 0.3) is 0 Å². The van der Waals surface area contributed by atoms with Crippen molar-refractivity contribution in [3.63, 3.8) is 0 Å². The zero-order valence-corrected chi connectivity index (χ0v) is 16.1. The smallest absolute Gasteiger partial charge is 0.229 e. The van der Waals surface area contributed by atoms with Crippen LogP contribution in [0, 0.1) is 5.41 Å². The number of benzene rings is 1. The zero-order valence-electron chi connectivity index (χ0n) is 15.3. The number of rotatable bonds is 6. The predicted molar refractivity (Wildman–Crippen MR) is 104 cm³/mol. The fourth-order valence-electron chi connectivity index (χ4n) is 3.41. The lowest BCUT2D eigenvalue weighted by Crippen LogP contribution is -2.50. The summed E-state index contributed by atoms with van der Waals surface area (Å²) in [6, 6.07) is 9.90. The molecule has 0 bridgehead atoms. The Hall–Kier alpha value is -1.89. The Bertz CT molecular complexity index is 694. The summed E-state index contributed by atoms with van der Waals surface area (Å²) in [6.45, 7) is 4.17. The van der Waals surface area contributed by atoms with Gasteiger partial charge in [-0.25, -0.2) is 4.68 Å². The van der Waals surface area contributed by atoms with E-state index in [-0.39, 0.29) is 24.4 Å². The molecule has 0 aliphatic carbocycles. The lowest BCUT2D eigenvalue weighted by molar-refractivity contribution is -0.136. The molecule has 7 heteroatoms. The summed E-state index contributed by atoms with van der Waals surface area (Å²) >= 11 is 0. The Morgan fingerprint density at radius 2 is 2.15 bits per heavy atom. The number of amides is 1. The number of nitrogens with one attached hydrogen (secondary N) is 2. The summed E-state index contributed by atoms with van der Waals surface area (Å²) in [4.78, 5) is 13.0. The fraction of sp³-hybridized carbons (Fsp3) is 0.474. The number of ether oxygens (including phenoxy) is 1. The van der Waals surface area contributed by atoms with Crippen molar-refractivity contribution in [1.82, 2.24) is 20.4 Å². The maximum atomic E-state index is 13.0. The molecule has 2 aromatic rings. The van der Waals surface area contributed by atoms with Gasteiger partial charge in [-0.1, -0.05) is 12.1 Å². The molecular formula is C19H27ClN4O2. The van der Waals surface area contributed by atoms with Crippen molar-refractivity contribution < 1.29 is 9.53 Å². The minimum absolute atomic E-state index is 0. The van der Waals surface area contributed by atoms with Gasteiger partial charge in [-0.15, -0.1) is 12.4 Å². The summed E-state index contributed by atoms with van der Waals surface area (Å²) in [5.74, 6) is 0.0767. The average Bonchev–Trinajstić information content (AvgIpc) is 3.17. The topological polar surface area (TPSA) is 68.2 Å². The number of carbonyl (C=O) groups is 1. The first-order chi connectivity index (χ1) is 12.1. The monoisotopic (exact) mass is 378 g/mol. The van der Waals surface area contributed by atoms with Gasteiger partial charge in [-0.3, -0.25) is 4.79 Å². The van der Waals surface area contributed by atoms with E-state index in [2.05, 4.69) is 21.8 Å². The molecule has 1 aliphatic rings. The van der Waals surface area contributed by atoms with Crippen LogP contribution in [0.25, 0.3) is 5.69 Å². The van der Waals surface area contributed by atoms with Crippen molar-refractivity contribution in [1.29, 1.82) is 0 Å². The first-order valence-corrected chi connectivity index (χ1v) is 8.75. The van der Waals surface area contributed by atoms with Gasteiger partial charge in [0.05, 0.1) is 23.8 Å². The molecule has 142 valence electrons. The van der Waals surface area contributed by atoms with Crippen LogP contribution < -0.4 is 10.6 Å². The fourth-order valence-corrected chi connectivity index (χ4v) is 3.41. The van der Waals surface area contributed by atoms with E-state index < -0.39 is 5.41 Å². The van der Waals surface area contributed by atoms with Crippen LogP contribution in [0.1, 0.15) is 31.4 Å². The van der Waals surface area contributed by atoms with E-state index in [9.17, 15) is 4.79 Å². The molecule has 1 aliphatic heterocycles. The predicted octanol–water partition coefficient (Wildman–Crippen LogP) is 2.49. The highest BCUT2D eigenvalue weighted by Crippen LogP contribution is 2.30. The number of piperidine rings is 1. The Morgan fingerprint density at radius 3 is 2.81 bits per heavy atom. The second-order valence-corrected chi connectivity index (χ2v) is 6.70. The lowest BCUT2D eigenvalue weighted by Gasteiger charge is -2.36. The molecule has 1 aromatic carbocycles. The Kier molecular flexibility index (Phi) is 7.20. The summed E-state index contributed by atoms with van der Waals surface area (Å²) in [5, 5.41) is 10.8. The summed E-state index contributed by atoms with van der Waals surface area (Å²) in [5.41, 5.74) is 1.60. The SMILES string of the molecule is COCC1(C(=O)NC(C)c2cccc(-n3cccn3)c2)CCNCC1.Cl. The van der Waals surface area contributed by atoms with Crippen molar-refractivity contribution in [2.24, 2.45) is 5.41 Å². The molecule has 1 amide bonds. The number of nitrogens with zero attached hydrogens (tertiary/aromatic N) is 2. The van der Waals surface area contributed by atoms with E-state index in [1.54, 1.807) is 13.3 Å². The molecule has 0 radical (unpaired) electrons. The second kappa shape index (κ2) is 9.16. The van der Waals surface area contributed by atoms with Crippen LogP contribution in [-0.2, 0) is 9.53 Å². The second-order valence-electron chi connectivity index (χ2n) is 6.70. The number of hydrogen-bond donors (Lipinski definition) is 2. The molecule has 2 N–H and O–H groups in total. The molecule has 1 atom stereocenters. The zero-order chi connectivity index (χ0) is 17.7. The van der Waals surface area contributed by atoms with E-state index in [1.165, 1.54) is 0 Å². The molecule has 1 fully saturated rings. The van der Waals surface area contributed by atoms with Gasteiger partial charge in [-0.05, 0) is 56.6 Å². The first kappa shape index (κ1) is 20.4. The molecule has 1 aromatic heterocycles. The van der Waals surface area contributed by atoms with Crippen molar-refractivity contribution in [2.75, 3.05) is 26.8 Å². The highest BCUT2D eigenvalue weighted by atomic mass is 35.5. The van der Waals surface area contributed by atoms with Crippen LogP contribution in [0.2, 0.25) is 0 Å². The van der Waals surface area contributed by atoms with Crippen LogP contribution in [0.15, 0.2) is 42.7 Å². The quantitative estimate of drug-likeness (QED) is 0.810. The molecule has 1 unspecified atom stereocenters. The van der Waals surface area contributed by atoms with Crippen LogP contribution >= 0.6 is 12.4 Å². The number of methoxy groups -OCH3 is 1. The third-order valence-electron chi connectivity index (χ3n) is 4.95. The summed E-state index contributed by atoms with van der Waals surface area (Å²) in [6.07, 6.45) is 5.26. The number of halogens is 1. The standard InChI is InChI=1S/C19H26N4O2.ClH/c1-15(16-5-3-6-17(13-16)23-12-4-9-21-23)22-18(24)19(14-25-2)7-10-20-11-8-19;/h3-6,9,12-13,15,20H,7-8,10-11,14H2,1-2H3,(H,22,24);1H. The molecule has 0 spiro atoms. The normalized spacial score (nSPS) is 17.2. The summed E-state index contributed by atoms with van der Waals surface area (Å²) in [7, 11) is 1.66. The van der Waals surface area contributed by atoms with E-state index in [4.69, 9.17) is 4.74 Å². The van der Waals surface area contributed by atoms with Gasteiger partial charge in [0.1, 0.15) is 0 Å². The van der Waals surface area contributed by atoms with E-state index >= 15 is 0 Å². The highest BCUT2D eigenvalue weighted by molar-refractivity contribution is 5.85. The number of carbonyl (C=O) groups excluding carboxylic acids is 1. The molecule has 26 heavy (non-hydrogen) atoms. The van der Waals surface area contributed by atoms with E-state index in [0.29, 0.717) is 6.61 Å². The van der Waals surface area contributed by atoms with Crippen molar-refractivity contribution in [3.05, 3.63) is 48.3 Å². The van der Waals surface area contributed by atoms with Crippen molar-refractivity contribution in [2.45, 2.75) is 25.8 Å². The molecule has 0 saturated carbocycles. The molecular weight excluding hydrogens is 352 g/mol. The maximum absolute atomic E-state index is 13.0. The molecule has 2 heterocycles. The third kappa shape index (κ3) is 4.44. The van der Waals surface area contributed by atoms with Gasteiger partial charge in [0, 0.05) is 19.5 Å². The van der Waals surface area contributed by atoms with Gasteiger partial charge in [0.2, 0.25) is 5.91 Å². The van der Waals surface area contributed by atoms with Crippen LogP contribution in [-0.4, -0.2) is 42.5 Å². The Labute approximate surface area is 160 Å². The molecule has 1 saturated heterocycles. The molecule has 6 nitrogen and oxygen atoms in total. The van der Waals surface area contributed by atoms with Crippen molar-refractivity contribution in [3.8, 4) is 5.69 Å². The largest absolute Gasteiger partial charge is 0.384 e. The highest BCUT2D eigenvalue weighted by Gasteiger charge is 2.40. The first-order valence-electron chi connectivity index (χ1n) is 8.75.